The second-order valence-electron chi connectivity index (χ2n) is 3.78. The van der Waals surface area contributed by atoms with Gasteiger partial charge in [-0.25, -0.2) is 0 Å². The average Bonchev–Trinajstić information content (AvgIpc) is 2.85. The van der Waals surface area contributed by atoms with Crippen LogP contribution in [-0.4, -0.2) is 38.3 Å². The molecule has 0 bridgehead atoms. The Morgan fingerprint density at radius 1 is 1.80 bits per heavy atom. The van der Waals surface area contributed by atoms with E-state index in [1.165, 1.54) is 11.5 Å². The number of nitrogens with zero attached hydrogens (tertiary/aromatic N) is 3. The van der Waals surface area contributed by atoms with E-state index < -0.39 is 0 Å². The lowest BCUT2D eigenvalue weighted by molar-refractivity contribution is 0.0732. The highest BCUT2D eigenvalue weighted by Gasteiger charge is 2.34. The van der Waals surface area contributed by atoms with Crippen LogP contribution in [0.2, 0.25) is 0 Å². The third-order valence-electron chi connectivity index (χ3n) is 2.88. The lowest BCUT2D eigenvalue weighted by atomic mass is 10.1. The highest BCUT2D eigenvalue weighted by Crippen LogP contribution is 2.26. The van der Waals surface area contributed by atoms with E-state index >= 15 is 0 Å². The van der Waals surface area contributed by atoms with Crippen molar-refractivity contribution in [1.29, 1.82) is 0 Å². The van der Waals surface area contributed by atoms with Gasteiger partial charge in [-0.1, -0.05) is 27.3 Å². The van der Waals surface area contributed by atoms with Crippen LogP contribution in [0.3, 0.4) is 0 Å². The van der Waals surface area contributed by atoms with Crippen LogP contribution >= 0.6 is 27.5 Å². The molecule has 1 saturated heterocycles. The van der Waals surface area contributed by atoms with E-state index in [0.717, 1.165) is 18.3 Å². The monoisotopic (exact) mass is 289 g/mol. The predicted octanol–water partition coefficient (Wildman–Crippen LogP) is 1.78. The number of likely N-dealkylation sites (tertiary alicyclic amines) is 1. The lowest BCUT2D eigenvalue weighted by Crippen LogP contribution is -2.38. The zero-order valence-corrected chi connectivity index (χ0v) is 10.8. The number of amides is 1. The predicted molar refractivity (Wildman–Crippen MR) is 62.3 cm³/mol. The van der Waals surface area contributed by atoms with Crippen molar-refractivity contribution in [2.45, 2.75) is 19.4 Å². The molecule has 1 aliphatic heterocycles. The quantitative estimate of drug-likeness (QED) is 0.780. The SMILES string of the molecule is CC1CCN(C(=O)c2csnn2)C1CBr. The van der Waals surface area contributed by atoms with E-state index in [-0.39, 0.29) is 5.91 Å². The molecule has 1 aliphatic rings. The number of hydrogen-bond donors (Lipinski definition) is 0. The van der Waals surface area contributed by atoms with Crippen molar-refractivity contribution in [3.63, 3.8) is 0 Å². The van der Waals surface area contributed by atoms with Crippen LogP contribution in [0.4, 0.5) is 0 Å². The lowest BCUT2D eigenvalue weighted by Gasteiger charge is -2.24. The maximum atomic E-state index is 12.0. The number of carbonyl (C=O) groups is 1. The summed E-state index contributed by atoms with van der Waals surface area (Å²) >= 11 is 4.68. The molecule has 1 amide bonds. The maximum Gasteiger partial charge on any atom is 0.275 e. The molecule has 2 unspecified atom stereocenters. The zero-order valence-electron chi connectivity index (χ0n) is 8.39. The van der Waals surface area contributed by atoms with Crippen molar-refractivity contribution in [3.05, 3.63) is 11.1 Å². The molecular formula is C9H12BrN3OS. The van der Waals surface area contributed by atoms with E-state index in [1.54, 1.807) is 5.38 Å². The van der Waals surface area contributed by atoms with Crippen LogP contribution in [0.15, 0.2) is 5.38 Å². The first-order valence-corrected chi connectivity index (χ1v) is 6.84. The van der Waals surface area contributed by atoms with Gasteiger partial charge in [0.1, 0.15) is 0 Å². The smallest absolute Gasteiger partial charge is 0.275 e. The van der Waals surface area contributed by atoms with Gasteiger partial charge < -0.3 is 4.90 Å². The van der Waals surface area contributed by atoms with E-state index in [9.17, 15) is 4.79 Å². The summed E-state index contributed by atoms with van der Waals surface area (Å²) in [5, 5.41) is 6.35. The molecule has 1 aromatic rings. The normalized spacial score (nSPS) is 25.9. The van der Waals surface area contributed by atoms with Gasteiger partial charge in [-0.15, -0.1) is 5.10 Å². The minimum atomic E-state index is 0.0116. The van der Waals surface area contributed by atoms with Crippen LogP contribution < -0.4 is 0 Å². The van der Waals surface area contributed by atoms with Gasteiger partial charge in [-0.3, -0.25) is 4.79 Å². The van der Waals surface area contributed by atoms with Crippen LogP contribution in [0, 0.1) is 5.92 Å². The van der Waals surface area contributed by atoms with Gasteiger partial charge in [0.25, 0.3) is 5.91 Å². The number of alkyl halides is 1. The summed E-state index contributed by atoms with van der Waals surface area (Å²) < 4.78 is 3.72. The molecule has 1 fully saturated rings. The second kappa shape index (κ2) is 4.57. The first-order chi connectivity index (χ1) is 7.24. The van der Waals surface area contributed by atoms with Gasteiger partial charge in [0.05, 0.1) is 0 Å². The van der Waals surface area contributed by atoms with E-state index in [1.807, 2.05) is 4.90 Å². The molecule has 0 aromatic carbocycles. The van der Waals surface area contributed by atoms with Gasteiger partial charge in [-0.05, 0) is 23.9 Å². The summed E-state index contributed by atoms with van der Waals surface area (Å²) in [6.45, 7) is 3.01. The van der Waals surface area contributed by atoms with E-state index in [2.05, 4.69) is 32.4 Å². The van der Waals surface area contributed by atoms with Crippen molar-refractivity contribution < 1.29 is 4.79 Å². The number of hydrogen-bond acceptors (Lipinski definition) is 4. The van der Waals surface area contributed by atoms with Gasteiger partial charge in [0, 0.05) is 23.3 Å². The minimum Gasteiger partial charge on any atom is -0.333 e. The summed E-state index contributed by atoms with van der Waals surface area (Å²) in [6, 6.07) is 0.291. The molecule has 2 atom stereocenters. The van der Waals surface area contributed by atoms with Crippen molar-refractivity contribution in [2.24, 2.45) is 5.92 Å². The van der Waals surface area contributed by atoms with Crippen LogP contribution in [0.5, 0.6) is 0 Å². The van der Waals surface area contributed by atoms with Gasteiger partial charge in [-0.2, -0.15) is 0 Å². The number of carbonyl (C=O) groups excluding carboxylic acids is 1. The molecule has 0 N–H and O–H groups in total. The Kier molecular flexibility index (Phi) is 3.35. The Morgan fingerprint density at radius 2 is 2.60 bits per heavy atom. The van der Waals surface area contributed by atoms with Gasteiger partial charge >= 0.3 is 0 Å². The van der Waals surface area contributed by atoms with E-state index in [0.29, 0.717) is 17.7 Å². The molecule has 0 radical (unpaired) electrons. The van der Waals surface area contributed by atoms with Crippen molar-refractivity contribution >= 4 is 33.4 Å². The summed E-state index contributed by atoms with van der Waals surface area (Å²) in [5.41, 5.74) is 0.472. The summed E-state index contributed by atoms with van der Waals surface area (Å²) in [7, 11) is 0. The topological polar surface area (TPSA) is 46.1 Å². The van der Waals surface area contributed by atoms with E-state index in [4.69, 9.17) is 0 Å². The Hall–Kier alpha value is -0.490. The highest BCUT2D eigenvalue weighted by molar-refractivity contribution is 9.09. The third kappa shape index (κ3) is 2.06. The molecule has 4 nitrogen and oxygen atoms in total. The molecule has 0 aliphatic carbocycles. The molecular weight excluding hydrogens is 278 g/mol. The van der Waals surface area contributed by atoms with Crippen molar-refractivity contribution in [3.8, 4) is 0 Å². The molecule has 15 heavy (non-hydrogen) atoms. The Morgan fingerprint density at radius 3 is 3.20 bits per heavy atom. The largest absolute Gasteiger partial charge is 0.333 e. The summed E-state index contributed by atoms with van der Waals surface area (Å²) in [6.07, 6.45) is 1.07. The molecule has 6 heteroatoms. The molecule has 0 spiro atoms. The molecule has 2 rings (SSSR count). The standard InChI is InChI=1S/C9H12BrN3OS/c1-6-2-3-13(8(6)4-10)9(14)7-5-15-12-11-7/h5-6,8H,2-4H2,1H3. The summed E-state index contributed by atoms with van der Waals surface area (Å²) in [4.78, 5) is 13.9. The average molecular weight is 290 g/mol. The fraction of sp³-hybridized carbons (Fsp3) is 0.667. The van der Waals surface area contributed by atoms with Crippen LogP contribution in [-0.2, 0) is 0 Å². The maximum absolute atomic E-state index is 12.0. The number of halogens is 1. The minimum absolute atomic E-state index is 0.0116. The molecule has 82 valence electrons. The van der Waals surface area contributed by atoms with Crippen molar-refractivity contribution in [1.82, 2.24) is 14.5 Å². The molecule has 1 aromatic heterocycles. The van der Waals surface area contributed by atoms with Gasteiger partial charge in [0.2, 0.25) is 0 Å². The number of rotatable bonds is 2. The number of aromatic nitrogens is 2. The van der Waals surface area contributed by atoms with Crippen LogP contribution in [0.25, 0.3) is 0 Å². The fourth-order valence-corrected chi connectivity index (χ4v) is 3.32. The highest BCUT2D eigenvalue weighted by atomic mass is 79.9. The molecule has 2 heterocycles. The fourth-order valence-electron chi connectivity index (χ4n) is 1.90. The van der Waals surface area contributed by atoms with Gasteiger partial charge in [0.15, 0.2) is 5.69 Å². The Labute approximate surface area is 101 Å². The zero-order chi connectivity index (χ0) is 10.8. The van der Waals surface area contributed by atoms with Crippen molar-refractivity contribution in [2.75, 3.05) is 11.9 Å². The van der Waals surface area contributed by atoms with Crippen LogP contribution in [0.1, 0.15) is 23.8 Å². The second-order valence-corrected chi connectivity index (χ2v) is 5.03. The first-order valence-electron chi connectivity index (χ1n) is 4.88. The Bertz CT molecular complexity index is 343. The first kappa shape index (κ1) is 11.0. The summed E-state index contributed by atoms with van der Waals surface area (Å²) in [5.74, 6) is 0.567. The Balaban J connectivity index is 2.14. The third-order valence-corrected chi connectivity index (χ3v) is 4.05. The molecule has 0 saturated carbocycles.